The maximum atomic E-state index is 12.9. The van der Waals surface area contributed by atoms with Crippen LogP contribution < -0.4 is 16.2 Å². The first kappa shape index (κ1) is 20.1. The van der Waals surface area contributed by atoms with Crippen LogP contribution in [0.2, 0.25) is 10.0 Å². The topological polar surface area (TPSA) is 64.2 Å². The van der Waals surface area contributed by atoms with Crippen molar-refractivity contribution in [1.82, 2.24) is 9.55 Å². The molecule has 2 aromatic rings. The second kappa shape index (κ2) is 7.90. The monoisotopic (exact) mass is 438 g/mol. The summed E-state index contributed by atoms with van der Waals surface area (Å²) < 4.78 is 1.63. The van der Waals surface area contributed by atoms with Gasteiger partial charge in [0.1, 0.15) is 0 Å². The lowest BCUT2D eigenvalue weighted by molar-refractivity contribution is 0.196. The Morgan fingerprint density at radius 3 is 2.64 bits per heavy atom. The van der Waals surface area contributed by atoms with Crippen LogP contribution in [-0.4, -0.2) is 28.7 Å². The van der Waals surface area contributed by atoms with Gasteiger partial charge in [-0.15, -0.1) is 0 Å². The van der Waals surface area contributed by atoms with Crippen LogP contribution in [0, 0.1) is 5.41 Å². The summed E-state index contributed by atoms with van der Waals surface area (Å²) in [5.41, 5.74) is 6.59. The van der Waals surface area contributed by atoms with Crippen LogP contribution in [0.1, 0.15) is 32.1 Å². The van der Waals surface area contributed by atoms with Crippen molar-refractivity contribution in [3.05, 3.63) is 44.8 Å². The van der Waals surface area contributed by atoms with Gasteiger partial charge in [0.2, 0.25) is 5.95 Å². The molecule has 0 unspecified atom stereocenters. The molecule has 1 saturated heterocycles. The van der Waals surface area contributed by atoms with Crippen molar-refractivity contribution in [3.63, 3.8) is 0 Å². The van der Waals surface area contributed by atoms with Crippen molar-refractivity contribution in [2.75, 3.05) is 18.0 Å². The molecule has 0 radical (unpaired) electrons. The zero-order chi connectivity index (χ0) is 19.9. The minimum Gasteiger partial charge on any atom is -0.342 e. The SMILES string of the molecule is Cn1c(N2CCC3(CCC[C@H]3N)CC2)ncc(Sc2cccc(Cl)c2Cl)c1=O. The van der Waals surface area contributed by atoms with Crippen molar-refractivity contribution in [2.45, 2.75) is 47.9 Å². The summed E-state index contributed by atoms with van der Waals surface area (Å²) >= 11 is 13.6. The van der Waals surface area contributed by atoms with Gasteiger partial charge in [0, 0.05) is 31.1 Å². The highest BCUT2D eigenvalue weighted by Crippen LogP contribution is 2.45. The van der Waals surface area contributed by atoms with E-state index in [9.17, 15) is 4.79 Å². The molecule has 8 heteroatoms. The van der Waals surface area contributed by atoms with Crippen LogP contribution in [0.25, 0.3) is 0 Å². The molecule has 1 aromatic carbocycles. The van der Waals surface area contributed by atoms with E-state index in [4.69, 9.17) is 28.9 Å². The van der Waals surface area contributed by atoms with Gasteiger partial charge in [-0.3, -0.25) is 9.36 Å². The molecule has 2 N–H and O–H groups in total. The summed E-state index contributed by atoms with van der Waals surface area (Å²) in [5, 5.41) is 0.926. The van der Waals surface area contributed by atoms with Gasteiger partial charge in [-0.25, -0.2) is 4.98 Å². The summed E-state index contributed by atoms with van der Waals surface area (Å²) in [7, 11) is 1.78. The largest absolute Gasteiger partial charge is 0.342 e. The second-order valence-electron chi connectivity index (χ2n) is 7.79. The van der Waals surface area contributed by atoms with Crippen molar-refractivity contribution in [3.8, 4) is 0 Å². The molecular weight excluding hydrogens is 415 g/mol. The fourth-order valence-corrected chi connectivity index (χ4v) is 5.88. The van der Waals surface area contributed by atoms with Crippen LogP contribution >= 0.6 is 35.0 Å². The Morgan fingerprint density at radius 2 is 1.96 bits per heavy atom. The molecule has 1 aliphatic heterocycles. The molecule has 1 saturated carbocycles. The first-order chi connectivity index (χ1) is 13.4. The molecule has 2 heterocycles. The molecule has 2 aliphatic rings. The number of rotatable bonds is 3. The number of hydrogen-bond acceptors (Lipinski definition) is 5. The zero-order valence-corrected chi connectivity index (χ0v) is 18.2. The molecule has 150 valence electrons. The Hall–Kier alpha value is -1.21. The van der Waals surface area contributed by atoms with Crippen molar-refractivity contribution < 1.29 is 0 Å². The fourth-order valence-electron chi connectivity index (χ4n) is 4.50. The zero-order valence-electron chi connectivity index (χ0n) is 15.8. The number of aromatic nitrogens is 2. The van der Waals surface area contributed by atoms with E-state index in [0.717, 1.165) is 37.2 Å². The van der Waals surface area contributed by atoms with E-state index in [1.165, 1.54) is 24.6 Å². The Morgan fingerprint density at radius 1 is 1.21 bits per heavy atom. The van der Waals surface area contributed by atoms with Crippen molar-refractivity contribution >= 4 is 40.9 Å². The molecule has 0 amide bonds. The Bertz CT molecular complexity index is 940. The van der Waals surface area contributed by atoms with Crippen molar-refractivity contribution in [1.29, 1.82) is 0 Å². The molecule has 2 fully saturated rings. The third kappa shape index (κ3) is 3.56. The Balaban J connectivity index is 1.54. The minimum atomic E-state index is -0.0797. The predicted octanol–water partition coefficient (Wildman–Crippen LogP) is 4.34. The van der Waals surface area contributed by atoms with E-state index in [-0.39, 0.29) is 11.0 Å². The Kier molecular flexibility index (Phi) is 5.67. The Labute approximate surface area is 179 Å². The summed E-state index contributed by atoms with van der Waals surface area (Å²) in [5.74, 6) is 0.716. The highest BCUT2D eigenvalue weighted by Gasteiger charge is 2.43. The third-order valence-corrected chi connectivity index (χ3v) is 8.26. The first-order valence-electron chi connectivity index (χ1n) is 9.60. The summed E-state index contributed by atoms with van der Waals surface area (Å²) in [6.07, 6.45) is 7.37. The van der Waals surface area contributed by atoms with Gasteiger partial charge in [0.25, 0.3) is 5.56 Å². The lowest BCUT2D eigenvalue weighted by Gasteiger charge is -2.42. The number of nitrogens with zero attached hydrogens (tertiary/aromatic N) is 3. The molecule has 1 aliphatic carbocycles. The van der Waals surface area contributed by atoms with E-state index >= 15 is 0 Å². The highest BCUT2D eigenvalue weighted by atomic mass is 35.5. The molecule has 1 aromatic heterocycles. The number of hydrogen-bond donors (Lipinski definition) is 1. The first-order valence-corrected chi connectivity index (χ1v) is 11.2. The van der Waals surface area contributed by atoms with Crippen LogP contribution in [0.15, 0.2) is 39.0 Å². The van der Waals surface area contributed by atoms with Gasteiger partial charge in [0.05, 0.1) is 21.1 Å². The molecule has 1 spiro atoms. The third-order valence-electron chi connectivity index (χ3n) is 6.27. The van der Waals surface area contributed by atoms with E-state index < -0.39 is 0 Å². The van der Waals surface area contributed by atoms with Crippen molar-refractivity contribution in [2.24, 2.45) is 18.2 Å². The van der Waals surface area contributed by atoms with Crippen LogP contribution in [0.4, 0.5) is 5.95 Å². The lowest BCUT2D eigenvalue weighted by atomic mass is 9.74. The molecule has 4 rings (SSSR count). The normalized spacial score (nSPS) is 21.4. The summed E-state index contributed by atoms with van der Waals surface area (Å²) in [6.45, 7) is 1.78. The highest BCUT2D eigenvalue weighted by molar-refractivity contribution is 7.99. The number of benzene rings is 1. The number of halogens is 2. The van der Waals surface area contributed by atoms with E-state index in [1.54, 1.807) is 23.9 Å². The standard InChI is InChI=1S/C20H24Cl2N4OS/c1-25-18(27)15(28-14-5-2-4-13(21)17(14)22)12-24-19(25)26-10-8-20(9-11-26)7-3-6-16(20)23/h2,4-5,12,16H,3,6-11,23H2,1H3/t16-/m1/s1. The van der Waals surface area contributed by atoms with Crippen LogP contribution in [0.5, 0.6) is 0 Å². The van der Waals surface area contributed by atoms with E-state index in [1.807, 2.05) is 12.1 Å². The van der Waals surface area contributed by atoms with E-state index in [0.29, 0.717) is 26.9 Å². The molecule has 5 nitrogen and oxygen atoms in total. The molecule has 0 bridgehead atoms. The fraction of sp³-hybridized carbons (Fsp3) is 0.500. The molecular formula is C20H24Cl2N4OS. The summed E-state index contributed by atoms with van der Waals surface area (Å²) in [6, 6.07) is 5.71. The smallest absolute Gasteiger partial charge is 0.268 e. The van der Waals surface area contributed by atoms with Crippen LogP contribution in [-0.2, 0) is 7.05 Å². The average Bonchev–Trinajstić information content (AvgIpc) is 3.04. The molecule has 28 heavy (non-hydrogen) atoms. The second-order valence-corrected chi connectivity index (χ2v) is 9.66. The lowest BCUT2D eigenvalue weighted by Crippen LogP contribution is -2.48. The van der Waals surface area contributed by atoms with Gasteiger partial charge in [-0.1, -0.05) is 47.5 Å². The van der Waals surface area contributed by atoms with Gasteiger partial charge in [-0.2, -0.15) is 0 Å². The maximum absolute atomic E-state index is 12.9. The number of nitrogens with two attached hydrogens (primary N) is 1. The summed E-state index contributed by atoms with van der Waals surface area (Å²) in [4.78, 5) is 21.0. The minimum absolute atomic E-state index is 0.0797. The number of anilines is 1. The van der Waals surface area contributed by atoms with Gasteiger partial charge < -0.3 is 10.6 Å². The average molecular weight is 439 g/mol. The quantitative estimate of drug-likeness (QED) is 0.771. The number of piperidine rings is 1. The molecule has 1 atom stereocenters. The predicted molar refractivity (Wildman–Crippen MR) is 116 cm³/mol. The maximum Gasteiger partial charge on any atom is 0.268 e. The van der Waals surface area contributed by atoms with E-state index in [2.05, 4.69) is 9.88 Å². The van der Waals surface area contributed by atoms with Gasteiger partial charge >= 0.3 is 0 Å². The van der Waals surface area contributed by atoms with Gasteiger partial charge in [0.15, 0.2) is 0 Å². The van der Waals surface area contributed by atoms with Gasteiger partial charge in [-0.05, 0) is 43.2 Å². The van der Waals surface area contributed by atoms with Crippen LogP contribution in [0.3, 0.4) is 0 Å².